The van der Waals surface area contributed by atoms with Crippen molar-refractivity contribution in [1.29, 1.82) is 0 Å². The second-order valence-electron chi connectivity index (χ2n) is 0.289. The molecule has 0 fully saturated rings. The summed E-state index contributed by atoms with van der Waals surface area (Å²) in [5.74, 6) is 0. The normalized spacial score (nSPS) is 4.00. The summed E-state index contributed by atoms with van der Waals surface area (Å²) in [6.07, 6.45) is 0. The van der Waals surface area contributed by atoms with Crippen LogP contribution in [-0.2, 0) is 2.84 Å². The summed E-state index contributed by atoms with van der Waals surface area (Å²) in [4.78, 5) is 0. The first kappa shape index (κ1) is 8.88. The van der Waals surface area contributed by atoms with Gasteiger partial charge in [-0.25, -0.2) is 0 Å². The van der Waals surface area contributed by atoms with Crippen molar-refractivity contribution in [3.05, 3.63) is 0 Å². The zero-order valence-electron chi connectivity index (χ0n) is 2.62. The largest absolute Gasteiger partial charge is 0.651 e. The van der Waals surface area contributed by atoms with Crippen LogP contribution < -0.4 is 0 Å². The smallest absolute Gasteiger partial charge is 0.378 e. The Balaban J connectivity index is 0. The fraction of sp³-hybridized carbons (Fsp3) is 0. The van der Waals surface area contributed by atoms with Gasteiger partial charge in [-0.2, -0.15) is 0 Å². The quantitative estimate of drug-likeness (QED) is 0.305. The van der Waals surface area contributed by atoms with Gasteiger partial charge in [0.05, 0.1) is 0 Å². The zero-order valence-corrected chi connectivity index (χ0v) is 6.03. The van der Waals surface area contributed by atoms with Crippen molar-refractivity contribution in [1.82, 2.24) is 0 Å². The molecule has 0 aromatic rings. The van der Waals surface area contributed by atoms with Crippen LogP contribution in [0.5, 0.6) is 0 Å². The predicted octanol–water partition coefficient (Wildman–Crippen LogP) is -2.46. The van der Waals surface area contributed by atoms with Crippen molar-refractivity contribution in [3.63, 3.8) is 0 Å². The lowest BCUT2D eigenvalue weighted by atomic mass is 15.8. The van der Waals surface area contributed by atoms with Crippen LogP contribution in [0.4, 0.5) is 0 Å². The summed E-state index contributed by atoms with van der Waals surface area (Å²) in [7, 11) is 0. The van der Waals surface area contributed by atoms with Gasteiger partial charge >= 0.3 is 33.2 Å². The van der Waals surface area contributed by atoms with E-state index in [1.165, 1.54) is 16.6 Å². The second kappa shape index (κ2) is 9.01. The van der Waals surface area contributed by atoms with Crippen molar-refractivity contribution >= 4 is 33.2 Å². The molecule has 0 heterocycles. The third-order valence-electron chi connectivity index (χ3n) is 0. The summed E-state index contributed by atoms with van der Waals surface area (Å²) >= 11 is 2.42. The molecule has 0 aromatic heterocycles. The van der Waals surface area contributed by atoms with E-state index in [0.29, 0.717) is 0 Å². The van der Waals surface area contributed by atoms with Gasteiger partial charge in [-0.15, -0.1) is 0 Å². The van der Waals surface area contributed by atoms with Gasteiger partial charge in [0.2, 0.25) is 0 Å². The monoisotopic (exact) mass is 91.0 g/mol. The number of hydrogen-bond donors (Lipinski definition) is 0. The molecular formula is H5Al2O2. The van der Waals surface area contributed by atoms with Gasteiger partial charge in [0.25, 0.3) is 0 Å². The van der Waals surface area contributed by atoms with E-state index >= 15 is 0 Å². The second-order valence-corrected chi connectivity index (χ2v) is 2.60. The molecule has 0 amide bonds. The molecule has 0 saturated heterocycles. The first-order valence-corrected chi connectivity index (χ1v) is 2.09. The lowest BCUT2D eigenvalue weighted by Crippen LogP contribution is -1.65. The van der Waals surface area contributed by atoms with Crippen LogP contribution in [0.2, 0.25) is 0 Å². The fourth-order valence-electron chi connectivity index (χ4n) is 0. The molecule has 4 heavy (non-hydrogen) atoms. The van der Waals surface area contributed by atoms with E-state index in [9.17, 15) is 0 Å². The third kappa shape index (κ3) is 12.1. The Morgan fingerprint density at radius 3 is 1.75 bits per heavy atom. The first-order valence-electron chi connectivity index (χ1n) is 0.697. The molecular weight excluding hydrogens is 86.0 g/mol. The van der Waals surface area contributed by atoms with Crippen LogP contribution in [-0.4, -0.2) is 38.7 Å². The van der Waals surface area contributed by atoms with Crippen LogP contribution in [0, 0.1) is 0 Å². The highest BCUT2D eigenvalue weighted by molar-refractivity contribution is 6.15. The minimum Gasteiger partial charge on any atom is -0.651 e. The molecule has 23 valence electrons. The number of hydrogen-bond acceptors (Lipinski definition) is 1. The first-order chi connectivity index (χ1) is 1.41. The molecule has 0 unspecified atom stereocenters. The molecule has 0 aliphatic heterocycles. The molecule has 2 N–H and O–H groups in total. The molecule has 0 aliphatic rings. The molecule has 0 atom stereocenters. The van der Waals surface area contributed by atoms with Crippen molar-refractivity contribution in [2.24, 2.45) is 0 Å². The van der Waals surface area contributed by atoms with Gasteiger partial charge in [0, 0.05) is 0 Å². The Morgan fingerprint density at radius 1 is 1.75 bits per heavy atom. The maximum absolute atomic E-state index is 4.42. The van der Waals surface area contributed by atoms with Gasteiger partial charge < -0.3 is 8.32 Å². The standard InChI is InChI=1S/2Al.H2O.O.3H/h;;1H2;;;;. The molecule has 4 heteroatoms. The molecule has 0 saturated carbocycles. The summed E-state index contributed by atoms with van der Waals surface area (Å²) in [5, 5.41) is 0. The molecule has 0 bridgehead atoms. The van der Waals surface area contributed by atoms with Crippen LogP contribution in [0.3, 0.4) is 0 Å². The van der Waals surface area contributed by atoms with Crippen molar-refractivity contribution in [3.8, 4) is 0 Å². The Bertz CT molecular complexity index is 4.00. The maximum Gasteiger partial charge on any atom is 0.378 e. The van der Waals surface area contributed by atoms with E-state index in [2.05, 4.69) is 2.84 Å². The molecule has 1 radical (unpaired) electrons. The molecule has 0 spiro atoms. The van der Waals surface area contributed by atoms with Crippen molar-refractivity contribution < 1.29 is 8.32 Å². The predicted molar refractivity (Wildman–Crippen MR) is 20.4 cm³/mol. The molecule has 2 nitrogen and oxygen atoms in total. The van der Waals surface area contributed by atoms with Gasteiger partial charge in [0.1, 0.15) is 0 Å². The van der Waals surface area contributed by atoms with Crippen LogP contribution in [0.1, 0.15) is 0 Å². The Hall–Kier alpha value is 0.985. The lowest BCUT2D eigenvalue weighted by molar-refractivity contribution is 0.690. The van der Waals surface area contributed by atoms with E-state index in [1.807, 2.05) is 0 Å². The summed E-state index contributed by atoms with van der Waals surface area (Å²) in [5.41, 5.74) is 0. The number of rotatable bonds is 0. The van der Waals surface area contributed by atoms with E-state index < -0.39 is 0 Å². The van der Waals surface area contributed by atoms with Crippen molar-refractivity contribution in [2.45, 2.75) is 0 Å². The average Bonchev–Trinajstić information content (AvgIpc) is 0.918. The molecule has 0 aliphatic carbocycles. The van der Waals surface area contributed by atoms with Gasteiger partial charge in [-0.05, 0) is 0 Å². The van der Waals surface area contributed by atoms with E-state index in [0.717, 1.165) is 16.6 Å². The molecule has 0 aromatic carbocycles. The SMILES string of the molecule is O.[AlH][O][AlH2]. The third-order valence-corrected chi connectivity index (χ3v) is 0. The van der Waals surface area contributed by atoms with Gasteiger partial charge in [-0.1, -0.05) is 0 Å². The zero-order chi connectivity index (χ0) is 2.71. The van der Waals surface area contributed by atoms with E-state index in [1.54, 1.807) is 0 Å². The Morgan fingerprint density at radius 2 is 1.75 bits per heavy atom. The minimum atomic E-state index is 0. The average molecular weight is 91.0 g/mol. The van der Waals surface area contributed by atoms with Crippen molar-refractivity contribution in [2.75, 3.05) is 0 Å². The van der Waals surface area contributed by atoms with Gasteiger partial charge in [0.15, 0.2) is 0 Å². The summed E-state index contributed by atoms with van der Waals surface area (Å²) in [6, 6.07) is 0. The van der Waals surface area contributed by atoms with Crippen LogP contribution >= 0.6 is 0 Å². The fourth-order valence-corrected chi connectivity index (χ4v) is 0. The van der Waals surface area contributed by atoms with E-state index in [4.69, 9.17) is 0 Å². The Kier molecular flexibility index (Phi) is 20.0. The topological polar surface area (TPSA) is 40.7 Å². The maximum atomic E-state index is 4.42. The highest BCUT2D eigenvalue weighted by Gasteiger charge is 1.36. The Labute approximate surface area is 42.0 Å². The van der Waals surface area contributed by atoms with E-state index in [-0.39, 0.29) is 5.48 Å². The lowest BCUT2D eigenvalue weighted by Gasteiger charge is -1.64. The van der Waals surface area contributed by atoms with Gasteiger partial charge in [-0.3, -0.25) is 0 Å². The minimum absolute atomic E-state index is 0. The van der Waals surface area contributed by atoms with Crippen LogP contribution in [0.15, 0.2) is 0 Å². The highest BCUT2D eigenvalue weighted by Crippen LogP contribution is 1.20. The summed E-state index contributed by atoms with van der Waals surface area (Å²) in [6.45, 7) is 0. The molecule has 0 rings (SSSR count). The highest BCUT2D eigenvalue weighted by atomic mass is 27.2. The van der Waals surface area contributed by atoms with Crippen LogP contribution in [0.25, 0.3) is 0 Å². The summed E-state index contributed by atoms with van der Waals surface area (Å²) < 4.78 is 4.42.